The number of nitrogens with zero attached hydrogens (tertiary/aromatic N) is 5. The Labute approximate surface area is 279 Å². The van der Waals surface area contributed by atoms with Gasteiger partial charge >= 0.3 is 6.03 Å². The van der Waals surface area contributed by atoms with Crippen LogP contribution in [0.3, 0.4) is 0 Å². The Morgan fingerprint density at radius 1 is 0.857 bits per heavy atom. The third kappa shape index (κ3) is 7.26. The minimum atomic E-state index is -3.32. The number of amides is 3. The molecular formula is C34H31F2N7O5S. The summed E-state index contributed by atoms with van der Waals surface area (Å²) >= 11 is 0. The molecule has 0 radical (unpaired) electrons. The molecule has 5 aromatic rings. The first kappa shape index (κ1) is 33.2. The third-order valence-electron chi connectivity index (χ3n) is 8.14. The van der Waals surface area contributed by atoms with Crippen molar-refractivity contribution in [1.29, 1.82) is 0 Å². The van der Waals surface area contributed by atoms with Crippen molar-refractivity contribution in [2.45, 2.75) is 18.4 Å². The van der Waals surface area contributed by atoms with E-state index in [9.17, 15) is 31.6 Å². The molecule has 12 nitrogen and oxygen atoms in total. The molecule has 1 aliphatic rings. The number of aryl methyl sites for hydroxylation is 1. The topological polar surface area (TPSA) is 147 Å². The number of piperazine rings is 1. The van der Waals surface area contributed by atoms with Gasteiger partial charge in [-0.05, 0) is 67.1 Å². The van der Waals surface area contributed by atoms with Gasteiger partial charge < -0.3 is 20.4 Å². The van der Waals surface area contributed by atoms with Crippen LogP contribution in [0.5, 0.6) is 0 Å². The molecule has 0 bridgehead atoms. The smallest absolute Gasteiger partial charge is 0.321 e. The lowest BCUT2D eigenvalue weighted by atomic mass is 10.1. The highest BCUT2D eigenvalue weighted by atomic mass is 32.2. The molecule has 3 aromatic carbocycles. The highest BCUT2D eigenvalue weighted by molar-refractivity contribution is 7.90. The number of benzene rings is 3. The summed E-state index contributed by atoms with van der Waals surface area (Å²) in [5.41, 5.74) is 2.43. The molecule has 0 atom stereocenters. The number of carbonyl (C=O) groups excluding carboxylic acids is 2. The van der Waals surface area contributed by atoms with E-state index in [0.29, 0.717) is 60.1 Å². The van der Waals surface area contributed by atoms with Gasteiger partial charge in [-0.15, -0.1) is 0 Å². The van der Waals surface area contributed by atoms with E-state index in [1.165, 1.54) is 28.8 Å². The van der Waals surface area contributed by atoms with E-state index >= 15 is 0 Å². The first-order valence-corrected chi connectivity index (χ1v) is 17.1. The zero-order chi connectivity index (χ0) is 34.9. The Balaban J connectivity index is 1.16. The molecule has 0 spiro atoms. The van der Waals surface area contributed by atoms with E-state index in [1.54, 1.807) is 47.4 Å². The Morgan fingerprint density at radius 2 is 1.55 bits per heavy atom. The lowest BCUT2D eigenvalue weighted by molar-refractivity contribution is 0.0951. The van der Waals surface area contributed by atoms with E-state index in [4.69, 9.17) is 4.98 Å². The number of halogens is 2. The SMILES string of the molecule is Cc1nc(N2CCN(C(=O)Nc3ccc(F)c(F)c3)CC2)nc2c1ccc(=O)n2-c1ccc(C(=O)NCc2ccc(S(C)(=O)=O)cc2)cc1. The second-order valence-corrected chi connectivity index (χ2v) is 13.5. The van der Waals surface area contributed by atoms with Crippen LogP contribution in [-0.4, -0.2) is 72.2 Å². The number of nitrogens with one attached hydrogen (secondary N) is 2. The molecule has 3 heterocycles. The predicted molar refractivity (Wildman–Crippen MR) is 180 cm³/mol. The number of hydrogen-bond acceptors (Lipinski definition) is 8. The molecule has 2 aromatic heterocycles. The molecule has 0 aliphatic carbocycles. The maximum absolute atomic E-state index is 13.6. The Kier molecular flexibility index (Phi) is 9.10. The van der Waals surface area contributed by atoms with Crippen molar-refractivity contribution in [3.8, 4) is 5.69 Å². The van der Waals surface area contributed by atoms with Crippen LogP contribution >= 0.6 is 0 Å². The van der Waals surface area contributed by atoms with Crippen LogP contribution in [0.25, 0.3) is 16.7 Å². The maximum atomic E-state index is 13.6. The number of sulfone groups is 1. The van der Waals surface area contributed by atoms with E-state index in [-0.39, 0.29) is 28.6 Å². The quantitative estimate of drug-likeness (QED) is 0.261. The van der Waals surface area contributed by atoms with Gasteiger partial charge in [0.1, 0.15) is 0 Å². The third-order valence-corrected chi connectivity index (χ3v) is 9.27. The number of carbonyl (C=O) groups is 2. The molecule has 0 saturated carbocycles. The van der Waals surface area contributed by atoms with Crippen molar-refractivity contribution >= 4 is 44.4 Å². The summed E-state index contributed by atoms with van der Waals surface area (Å²) in [6.07, 6.45) is 1.13. The van der Waals surface area contributed by atoms with Crippen LogP contribution in [0.15, 0.2) is 88.6 Å². The Bertz CT molecular complexity index is 2240. The van der Waals surface area contributed by atoms with Crippen LogP contribution in [0.2, 0.25) is 0 Å². The minimum Gasteiger partial charge on any atom is -0.348 e. The van der Waals surface area contributed by atoms with Gasteiger partial charge in [-0.3, -0.25) is 14.2 Å². The summed E-state index contributed by atoms with van der Waals surface area (Å²) in [4.78, 5) is 51.9. The van der Waals surface area contributed by atoms with Gasteiger partial charge in [0.2, 0.25) is 5.95 Å². The average Bonchev–Trinajstić information content (AvgIpc) is 3.08. The Hall–Kier alpha value is -5.70. The number of hydrogen-bond donors (Lipinski definition) is 2. The molecule has 1 saturated heterocycles. The number of anilines is 2. The first-order chi connectivity index (χ1) is 23.4. The second kappa shape index (κ2) is 13.4. The number of rotatable bonds is 7. The maximum Gasteiger partial charge on any atom is 0.321 e. The fraction of sp³-hybridized carbons (Fsp3) is 0.206. The molecule has 15 heteroatoms. The number of urea groups is 1. The molecule has 49 heavy (non-hydrogen) atoms. The summed E-state index contributed by atoms with van der Waals surface area (Å²) in [6, 6.07) is 18.6. The second-order valence-electron chi connectivity index (χ2n) is 11.5. The molecule has 0 unspecified atom stereocenters. The van der Waals surface area contributed by atoms with Gasteiger partial charge in [0, 0.05) is 67.7 Å². The average molecular weight is 688 g/mol. The summed E-state index contributed by atoms with van der Waals surface area (Å²) in [5, 5.41) is 6.05. The zero-order valence-electron chi connectivity index (χ0n) is 26.5. The van der Waals surface area contributed by atoms with Crippen molar-refractivity contribution in [2.24, 2.45) is 0 Å². The van der Waals surface area contributed by atoms with E-state index in [1.807, 2.05) is 11.8 Å². The van der Waals surface area contributed by atoms with Gasteiger partial charge in [-0.1, -0.05) is 12.1 Å². The molecule has 252 valence electrons. The predicted octanol–water partition coefficient (Wildman–Crippen LogP) is 4.05. The normalized spacial score (nSPS) is 13.4. The van der Waals surface area contributed by atoms with Crippen molar-refractivity contribution in [1.82, 2.24) is 24.8 Å². The largest absolute Gasteiger partial charge is 0.348 e. The van der Waals surface area contributed by atoms with Crippen LogP contribution in [0.1, 0.15) is 21.6 Å². The fourth-order valence-electron chi connectivity index (χ4n) is 5.43. The molecule has 1 aliphatic heterocycles. The van der Waals surface area contributed by atoms with E-state index in [2.05, 4.69) is 15.6 Å². The van der Waals surface area contributed by atoms with Gasteiger partial charge in [-0.25, -0.2) is 27.0 Å². The highest BCUT2D eigenvalue weighted by Gasteiger charge is 2.24. The number of aromatic nitrogens is 3. The van der Waals surface area contributed by atoms with Gasteiger partial charge in [-0.2, -0.15) is 4.98 Å². The molecule has 1 fully saturated rings. The van der Waals surface area contributed by atoms with Crippen molar-refractivity contribution in [2.75, 3.05) is 42.7 Å². The highest BCUT2D eigenvalue weighted by Crippen LogP contribution is 2.22. The summed E-state index contributed by atoms with van der Waals surface area (Å²) in [6.45, 7) is 3.41. The zero-order valence-corrected chi connectivity index (χ0v) is 27.3. The van der Waals surface area contributed by atoms with Crippen LogP contribution in [0.4, 0.5) is 25.2 Å². The summed E-state index contributed by atoms with van der Waals surface area (Å²) in [7, 11) is -3.32. The fourth-order valence-corrected chi connectivity index (χ4v) is 6.06. The minimum absolute atomic E-state index is 0.144. The standard InChI is InChI=1S/C34H31F2N7O5S/c1-21-27-12-14-30(44)43(25-8-5-23(6-9-25)32(45)37-20-22-3-10-26(11-4-22)49(2,47)48)31(27)40-33(38-21)41-15-17-42(18-16-41)34(46)39-24-7-13-28(35)29(36)19-24/h3-14,19H,15-18,20H2,1-2H3,(H,37,45)(H,39,46). The van der Waals surface area contributed by atoms with Gasteiger partial charge in [0.15, 0.2) is 27.1 Å². The number of pyridine rings is 1. The molecule has 2 N–H and O–H groups in total. The lowest BCUT2D eigenvalue weighted by Crippen LogP contribution is -2.50. The summed E-state index contributed by atoms with van der Waals surface area (Å²) < 4.78 is 51.7. The van der Waals surface area contributed by atoms with Crippen LogP contribution in [-0.2, 0) is 16.4 Å². The molecular weight excluding hydrogens is 656 g/mol. The van der Waals surface area contributed by atoms with E-state index < -0.39 is 27.5 Å². The molecule has 3 amide bonds. The van der Waals surface area contributed by atoms with Crippen molar-refractivity contribution in [3.05, 3.63) is 118 Å². The van der Waals surface area contributed by atoms with Gasteiger partial charge in [0.25, 0.3) is 11.5 Å². The van der Waals surface area contributed by atoms with Crippen LogP contribution in [0, 0.1) is 18.6 Å². The van der Waals surface area contributed by atoms with Crippen molar-refractivity contribution < 1.29 is 26.8 Å². The lowest BCUT2D eigenvalue weighted by Gasteiger charge is -2.34. The number of fused-ring (bicyclic) bond motifs is 1. The van der Waals surface area contributed by atoms with Gasteiger partial charge in [0.05, 0.1) is 16.3 Å². The monoisotopic (exact) mass is 687 g/mol. The summed E-state index contributed by atoms with van der Waals surface area (Å²) in [5.74, 6) is -2.02. The molecule has 6 rings (SSSR count). The Morgan fingerprint density at radius 3 is 2.20 bits per heavy atom. The van der Waals surface area contributed by atoms with E-state index in [0.717, 1.165) is 24.0 Å². The van der Waals surface area contributed by atoms with Crippen LogP contribution < -0.4 is 21.1 Å². The van der Waals surface area contributed by atoms with Crippen molar-refractivity contribution in [3.63, 3.8) is 0 Å². The first-order valence-electron chi connectivity index (χ1n) is 15.2.